The fourth-order valence-electron chi connectivity index (χ4n) is 2.40. The molecule has 0 bridgehead atoms. The summed E-state index contributed by atoms with van der Waals surface area (Å²) in [6.45, 7) is 7.64. The summed E-state index contributed by atoms with van der Waals surface area (Å²) in [6.07, 6.45) is 3.18. The van der Waals surface area contributed by atoms with Gasteiger partial charge in [-0.15, -0.1) is 0 Å². The first-order valence-electron chi connectivity index (χ1n) is 6.93. The van der Waals surface area contributed by atoms with Gasteiger partial charge in [0, 0.05) is 5.56 Å². The number of carbonyl (C=O) groups is 1. The SMILES string of the molecule is CCC(C)(C)c1ccc(C(=O)C2CCCN2)cc1. The molecular formula is C16H23NO. The molecule has 0 saturated carbocycles. The molecule has 1 saturated heterocycles. The van der Waals surface area contributed by atoms with E-state index in [0.29, 0.717) is 0 Å². The predicted molar refractivity (Wildman–Crippen MR) is 75.1 cm³/mol. The van der Waals surface area contributed by atoms with Crippen LogP contribution < -0.4 is 5.32 Å². The van der Waals surface area contributed by atoms with E-state index in [9.17, 15) is 4.79 Å². The van der Waals surface area contributed by atoms with Crippen LogP contribution in [0.2, 0.25) is 0 Å². The Morgan fingerprint density at radius 1 is 1.33 bits per heavy atom. The van der Waals surface area contributed by atoms with Gasteiger partial charge in [0.2, 0.25) is 0 Å². The zero-order valence-electron chi connectivity index (χ0n) is 11.6. The summed E-state index contributed by atoms with van der Waals surface area (Å²) in [7, 11) is 0. The first-order chi connectivity index (χ1) is 8.54. The molecule has 1 unspecified atom stereocenters. The average Bonchev–Trinajstić information content (AvgIpc) is 2.92. The molecule has 98 valence electrons. The van der Waals surface area contributed by atoms with Crippen LogP contribution in [-0.2, 0) is 5.41 Å². The van der Waals surface area contributed by atoms with Gasteiger partial charge in [0.1, 0.15) is 0 Å². The Bertz CT molecular complexity index is 413. The lowest BCUT2D eigenvalue weighted by Crippen LogP contribution is -2.30. The van der Waals surface area contributed by atoms with Crippen LogP contribution in [0.25, 0.3) is 0 Å². The molecule has 0 spiro atoms. The number of carbonyl (C=O) groups excluding carboxylic acids is 1. The minimum absolute atomic E-state index is 0.0371. The summed E-state index contributed by atoms with van der Waals surface area (Å²) < 4.78 is 0. The number of hydrogen-bond acceptors (Lipinski definition) is 2. The smallest absolute Gasteiger partial charge is 0.179 e. The standard InChI is InChI=1S/C16H23NO/c1-4-16(2,3)13-9-7-12(8-10-13)15(18)14-6-5-11-17-14/h7-10,14,17H,4-6,11H2,1-3H3. The molecule has 1 aromatic rings. The zero-order valence-corrected chi connectivity index (χ0v) is 11.6. The molecule has 2 rings (SSSR count). The quantitative estimate of drug-likeness (QED) is 0.825. The topological polar surface area (TPSA) is 29.1 Å². The van der Waals surface area contributed by atoms with Crippen molar-refractivity contribution in [3.8, 4) is 0 Å². The maximum atomic E-state index is 12.2. The van der Waals surface area contributed by atoms with E-state index in [1.54, 1.807) is 0 Å². The molecule has 0 radical (unpaired) electrons. The molecule has 0 aliphatic carbocycles. The molecule has 1 aliphatic rings. The van der Waals surface area contributed by atoms with Crippen molar-refractivity contribution >= 4 is 5.78 Å². The van der Waals surface area contributed by atoms with Gasteiger partial charge in [0.25, 0.3) is 0 Å². The Kier molecular flexibility index (Phi) is 3.86. The minimum Gasteiger partial charge on any atom is -0.307 e. The molecule has 1 aromatic carbocycles. The highest BCUT2D eigenvalue weighted by Gasteiger charge is 2.24. The fraction of sp³-hybridized carbons (Fsp3) is 0.562. The Balaban J connectivity index is 2.14. The summed E-state index contributed by atoms with van der Waals surface area (Å²) >= 11 is 0. The molecule has 0 amide bonds. The Morgan fingerprint density at radius 3 is 2.50 bits per heavy atom. The normalized spacial score (nSPS) is 20.1. The summed E-state index contributed by atoms with van der Waals surface area (Å²) in [4.78, 5) is 12.2. The molecule has 1 N–H and O–H groups in total. The summed E-state index contributed by atoms with van der Waals surface area (Å²) in [5.41, 5.74) is 2.33. The molecule has 0 aromatic heterocycles. The van der Waals surface area contributed by atoms with Crippen LogP contribution in [0.4, 0.5) is 0 Å². The van der Waals surface area contributed by atoms with E-state index in [1.165, 1.54) is 5.56 Å². The number of nitrogens with one attached hydrogen (secondary N) is 1. The van der Waals surface area contributed by atoms with Crippen molar-refractivity contribution in [2.75, 3.05) is 6.54 Å². The number of benzene rings is 1. The second kappa shape index (κ2) is 5.23. The minimum atomic E-state index is 0.0371. The van der Waals surface area contributed by atoms with Crippen molar-refractivity contribution in [2.45, 2.75) is 51.5 Å². The lowest BCUT2D eigenvalue weighted by molar-refractivity contribution is 0.0952. The van der Waals surface area contributed by atoms with Gasteiger partial charge < -0.3 is 5.32 Å². The largest absolute Gasteiger partial charge is 0.307 e. The molecule has 1 fully saturated rings. The molecule has 1 aliphatic heterocycles. The Morgan fingerprint density at radius 2 is 2.00 bits per heavy atom. The van der Waals surface area contributed by atoms with E-state index in [-0.39, 0.29) is 17.2 Å². The van der Waals surface area contributed by atoms with Crippen LogP contribution in [-0.4, -0.2) is 18.4 Å². The summed E-state index contributed by atoms with van der Waals surface area (Å²) in [5, 5.41) is 3.26. The maximum absolute atomic E-state index is 12.2. The first kappa shape index (κ1) is 13.3. The second-order valence-corrected chi connectivity index (χ2v) is 5.83. The lowest BCUT2D eigenvalue weighted by Gasteiger charge is -2.23. The van der Waals surface area contributed by atoms with E-state index in [0.717, 1.165) is 31.4 Å². The van der Waals surface area contributed by atoms with Crippen LogP contribution in [0.5, 0.6) is 0 Å². The van der Waals surface area contributed by atoms with Gasteiger partial charge in [0.05, 0.1) is 6.04 Å². The average molecular weight is 245 g/mol. The van der Waals surface area contributed by atoms with E-state index < -0.39 is 0 Å². The molecule has 2 heteroatoms. The van der Waals surface area contributed by atoms with Crippen molar-refractivity contribution in [1.82, 2.24) is 5.32 Å². The van der Waals surface area contributed by atoms with Gasteiger partial charge in [-0.3, -0.25) is 4.79 Å². The van der Waals surface area contributed by atoms with Crippen LogP contribution in [0.1, 0.15) is 56.0 Å². The lowest BCUT2D eigenvalue weighted by atomic mass is 9.82. The highest BCUT2D eigenvalue weighted by Crippen LogP contribution is 2.27. The first-order valence-corrected chi connectivity index (χ1v) is 6.93. The van der Waals surface area contributed by atoms with Crippen molar-refractivity contribution in [3.63, 3.8) is 0 Å². The zero-order chi connectivity index (χ0) is 13.2. The third-order valence-electron chi connectivity index (χ3n) is 4.21. The highest BCUT2D eigenvalue weighted by molar-refractivity contribution is 6.00. The van der Waals surface area contributed by atoms with Gasteiger partial charge >= 0.3 is 0 Å². The molecular weight excluding hydrogens is 222 g/mol. The van der Waals surface area contributed by atoms with E-state index >= 15 is 0 Å². The molecule has 2 nitrogen and oxygen atoms in total. The van der Waals surface area contributed by atoms with Crippen LogP contribution >= 0.6 is 0 Å². The van der Waals surface area contributed by atoms with Crippen molar-refractivity contribution < 1.29 is 4.79 Å². The van der Waals surface area contributed by atoms with Gasteiger partial charge in [0.15, 0.2) is 5.78 Å². The number of ketones is 1. The van der Waals surface area contributed by atoms with E-state index in [2.05, 4.69) is 38.2 Å². The monoisotopic (exact) mass is 245 g/mol. The van der Waals surface area contributed by atoms with Gasteiger partial charge in [-0.25, -0.2) is 0 Å². The number of rotatable bonds is 4. The third kappa shape index (κ3) is 2.64. The van der Waals surface area contributed by atoms with Crippen molar-refractivity contribution in [1.29, 1.82) is 0 Å². The maximum Gasteiger partial charge on any atom is 0.179 e. The number of Topliss-reactive ketones (excluding diaryl/α,β-unsaturated/α-hetero) is 1. The van der Waals surface area contributed by atoms with E-state index in [1.807, 2.05) is 12.1 Å². The van der Waals surface area contributed by atoms with Gasteiger partial charge in [-0.2, -0.15) is 0 Å². The Hall–Kier alpha value is -1.15. The molecule has 1 atom stereocenters. The van der Waals surface area contributed by atoms with E-state index in [4.69, 9.17) is 0 Å². The fourth-order valence-corrected chi connectivity index (χ4v) is 2.40. The van der Waals surface area contributed by atoms with Crippen LogP contribution in [0.3, 0.4) is 0 Å². The second-order valence-electron chi connectivity index (χ2n) is 5.83. The number of hydrogen-bond donors (Lipinski definition) is 1. The third-order valence-corrected chi connectivity index (χ3v) is 4.21. The van der Waals surface area contributed by atoms with Crippen molar-refractivity contribution in [2.24, 2.45) is 0 Å². The van der Waals surface area contributed by atoms with Crippen molar-refractivity contribution in [3.05, 3.63) is 35.4 Å². The predicted octanol–water partition coefficient (Wildman–Crippen LogP) is 3.31. The van der Waals surface area contributed by atoms with Gasteiger partial charge in [-0.1, -0.05) is 45.0 Å². The van der Waals surface area contributed by atoms with Crippen LogP contribution in [0.15, 0.2) is 24.3 Å². The summed E-state index contributed by atoms with van der Waals surface area (Å²) in [5.74, 6) is 0.244. The summed E-state index contributed by atoms with van der Waals surface area (Å²) in [6, 6.07) is 8.21. The molecule has 1 heterocycles. The Labute approximate surface area is 110 Å². The van der Waals surface area contributed by atoms with Gasteiger partial charge in [-0.05, 0) is 36.8 Å². The molecule has 18 heavy (non-hydrogen) atoms. The van der Waals surface area contributed by atoms with Crippen LogP contribution in [0, 0.1) is 0 Å². The highest BCUT2D eigenvalue weighted by atomic mass is 16.1.